The summed E-state index contributed by atoms with van der Waals surface area (Å²) in [6.45, 7) is 2.58. The summed E-state index contributed by atoms with van der Waals surface area (Å²) in [5, 5.41) is 12.2. The highest BCUT2D eigenvalue weighted by molar-refractivity contribution is 7.22. The van der Waals surface area contributed by atoms with Crippen molar-refractivity contribution in [2.45, 2.75) is 19.4 Å². The van der Waals surface area contributed by atoms with E-state index in [1.807, 2.05) is 6.92 Å². The minimum Gasteiger partial charge on any atom is -0.478 e. The molecule has 1 amide bonds. The van der Waals surface area contributed by atoms with Gasteiger partial charge < -0.3 is 9.84 Å². The molecule has 0 spiro atoms. The molecule has 110 valence electrons. The fourth-order valence-electron chi connectivity index (χ4n) is 2.32. The smallest absolute Gasteiger partial charge is 0.335 e. The van der Waals surface area contributed by atoms with Gasteiger partial charge in [0.25, 0.3) is 5.91 Å². The van der Waals surface area contributed by atoms with Gasteiger partial charge in [-0.05, 0) is 30.5 Å². The number of nitrogens with one attached hydrogen (secondary N) is 1. The molecule has 0 radical (unpaired) electrons. The molecule has 6 nitrogen and oxygen atoms in total. The van der Waals surface area contributed by atoms with Gasteiger partial charge in [0.2, 0.25) is 0 Å². The normalized spacial score (nSPS) is 21.6. The van der Waals surface area contributed by atoms with Crippen molar-refractivity contribution < 1.29 is 19.4 Å². The summed E-state index contributed by atoms with van der Waals surface area (Å²) in [5.41, 5.74) is 0.873. The predicted octanol–water partition coefficient (Wildman–Crippen LogP) is 2.36. The standard InChI is InChI=1S/C14H14N2O4S/c1-7-4-5-20-11(7)12(17)16-14-15-9-3-2-8(13(18)19)6-10(9)21-14/h2-3,6-7,11H,4-5H2,1H3,(H,18,19)(H,15,16,17). The number of carbonyl (C=O) groups is 2. The van der Waals surface area contributed by atoms with E-state index < -0.39 is 12.1 Å². The van der Waals surface area contributed by atoms with Crippen LogP contribution in [0, 0.1) is 5.92 Å². The summed E-state index contributed by atoms with van der Waals surface area (Å²) >= 11 is 1.26. The maximum atomic E-state index is 12.1. The highest BCUT2D eigenvalue weighted by Gasteiger charge is 2.31. The lowest BCUT2D eigenvalue weighted by Crippen LogP contribution is -2.31. The number of anilines is 1. The number of ether oxygens (including phenoxy) is 1. The first-order valence-corrected chi connectivity index (χ1v) is 7.42. The molecule has 2 N–H and O–H groups in total. The van der Waals surface area contributed by atoms with E-state index in [0.717, 1.165) is 11.1 Å². The van der Waals surface area contributed by atoms with Gasteiger partial charge in [-0.15, -0.1) is 0 Å². The zero-order chi connectivity index (χ0) is 15.0. The van der Waals surface area contributed by atoms with Gasteiger partial charge in [-0.25, -0.2) is 9.78 Å². The van der Waals surface area contributed by atoms with Crippen molar-refractivity contribution >= 4 is 38.6 Å². The monoisotopic (exact) mass is 306 g/mol. The molecule has 2 atom stereocenters. The molecule has 0 saturated carbocycles. The molecule has 1 saturated heterocycles. The molecule has 1 aliphatic rings. The van der Waals surface area contributed by atoms with Crippen LogP contribution in [0.2, 0.25) is 0 Å². The topological polar surface area (TPSA) is 88.5 Å². The van der Waals surface area contributed by atoms with E-state index in [9.17, 15) is 9.59 Å². The lowest BCUT2D eigenvalue weighted by atomic mass is 10.0. The molecule has 2 unspecified atom stereocenters. The van der Waals surface area contributed by atoms with Gasteiger partial charge in [0, 0.05) is 6.61 Å². The lowest BCUT2D eigenvalue weighted by Gasteiger charge is -2.12. The Bertz CT molecular complexity index is 712. The predicted molar refractivity (Wildman–Crippen MR) is 78.7 cm³/mol. The van der Waals surface area contributed by atoms with Crippen molar-refractivity contribution in [2.24, 2.45) is 5.92 Å². The molecular formula is C14H14N2O4S. The number of carboxylic acids is 1. The number of carboxylic acid groups (broad SMARTS) is 1. The van der Waals surface area contributed by atoms with Crippen LogP contribution in [0.5, 0.6) is 0 Å². The van der Waals surface area contributed by atoms with E-state index in [-0.39, 0.29) is 17.4 Å². The van der Waals surface area contributed by atoms with Gasteiger partial charge >= 0.3 is 5.97 Å². The number of nitrogens with zero attached hydrogens (tertiary/aromatic N) is 1. The molecule has 0 aliphatic carbocycles. The third-order valence-electron chi connectivity index (χ3n) is 3.51. The van der Waals surface area contributed by atoms with E-state index in [4.69, 9.17) is 9.84 Å². The summed E-state index contributed by atoms with van der Waals surface area (Å²) in [4.78, 5) is 27.3. The molecule has 2 heterocycles. The number of carbonyl (C=O) groups excluding carboxylic acids is 1. The number of thiazole rings is 1. The third-order valence-corrected chi connectivity index (χ3v) is 4.44. The van der Waals surface area contributed by atoms with Gasteiger partial charge in [0.05, 0.1) is 15.8 Å². The highest BCUT2D eigenvalue weighted by Crippen LogP contribution is 2.28. The number of aromatic nitrogens is 1. The zero-order valence-electron chi connectivity index (χ0n) is 11.3. The number of amides is 1. The number of hydrogen-bond acceptors (Lipinski definition) is 5. The summed E-state index contributed by atoms with van der Waals surface area (Å²) in [6, 6.07) is 4.69. The Hall–Kier alpha value is -1.99. The van der Waals surface area contributed by atoms with Gasteiger partial charge in [0.1, 0.15) is 6.10 Å². The number of hydrogen-bond donors (Lipinski definition) is 2. The Morgan fingerprint density at radius 2 is 2.29 bits per heavy atom. The molecule has 7 heteroatoms. The van der Waals surface area contributed by atoms with E-state index in [0.29, 0.717) is 17.3 Å². The lowest BCUT2D eigenvalue weighted by molar-refractivity contribution is -0.126. The van der Waals surface area contributed by atoms with Gasteiger partial charge in [0.15, 0.2) is 5.13 Å². The van der Waals surface area contributed by atoms with Crippen molar-refractivity contribution in [3.8, 4) is 0 Å². The largest absolute Gasteiger partial charge is 0.478 e. The Balaban J connectivity index is 1.81. The number of fused-ring (bicyclic) bond motifs is 1. The average molecular weight is 306 g/mol. The summed E-state index contributed by atoms with van der Waals surface area (Å²) < 4.78 is 6.14. The maximum Gasteiger partial charge on any atom is 0.335 e. The van der Waals surface area contributed by atoms with Crippen LogP contribution in [0.25, 0.3) is 10.2 Å². The Kier molecular flexibility index (Phi) is 3.60. The quantitative estimate of drug-likeness (QED) is 0.908. The van der Waals surface area contributed by atoms with Crippen LogP contribution in [-0.2, 0) is 9.53 Å². The van der Waals surface area contributed by atoms with Crippen molar-refractivity contribution in [1.29, 1.82) is 0 Å². The van der Waals surface area contributed by atoms with Crippen molar-refractivity contribution in [2.75, 3.05) is 11.9 Å². The molecule has 1 fully saturated rings. The van der Waals surface area contributed by atoms with Gasteiger partial charge in [-0.2, -0.15) is 0 Å². The molecule has 3 rings (SSSR count). The fraction of sp³-hybridized carbons (Fsp3) is 0.357. The summed E-state index contributed by atoms with van der Waals surface area (Å²) in [7, 11) is 0. The first kappa shape index (κ1) is 14.0. The van der Waals surface area contributed by atoms with E-state index >= 15 is 0 Å². The Morgan fingerprint density at radius 1 is 1.48 bits per heavy atom. The first-order valence-electron chi connectivity index (χ1n) is 6.61. The maximum absolute atomic E-state index is 12.1. The number of rotatable bonds is 3. The second-order valence-corrected chi connectivity index (χ2v) is 6.08. The molecule has 2 aromatic rings. The molecule has 1 aromatic carbocycles. The molecule has 1 aromatic heterocycles. The zero-order valence-corrected chi connectivity index (χ0v) is 12.1. The number of benzene rings is 1. The Morgan fingerprint density at radius 3 is 2.95 bits per heavy atom. The second-order valence-electron chi connectivity index (χ2n) is 5.05. The number of aromatic carboxylic acids is 1. The third kappa shape index (κ3) is 2.74. The van der Waals surface area contributed by atoms with Crippen molar-refractivity contribution in [1.82, 2.24) is 4.98 Å². The van der Waals surface area contributed by atoms with Crippen molar-refractivity contribution in [3.63, 3.8) is 0 Å². The van der Waals surface area contributed by atoms with Crippen LogP contribution < -0.4 is 5.32 Å². The minimum atomic E-state index is -0.982. The minimum absolute atomic E-state index is 0.193. The molecule has 1 aliphatic heterocycles. The van der Waals surface area contributed by atoms with Crippen LogP contribution in [-0.4, -0.2) is 34.7 Å². The van der Waals surface area contributed by atoms with E-state index in [2.05, 4.69) is 10.3 Å². The van der Waals surface area contributed by atoms with Gasteiger partial charge in [-0.3, -0.25) is 10.1 Å². The molecule has 0 bridgehead atoms. The van der Waals surface area contributed by atoms with Gasteiger partial charge in [-0.1, -0.05) is 18.3 Å². The summed E-state index contributed by atoms with van der Waals surface area (Å²) in [5.74, 6) is -0.987. The van der Waals surface area contributed by atoms with Crippen LogP contribution in [0.1, 0.15) is 23.7 Å². The van der Waals surface area contributed by atoms with E-state index in [1.165, 1.54) is 17.4 Å². The van der Waals surface area contributed by atoms with Crippen LogP contribution in [0.3, 0.4) is 0 Å². The fourth-order valence-corrected chi connectivity index (χ4v) is 3.23. The molecule has 21 heavy (non-hydrogen) atoms. The Labute approximate surface area is 124 Å². The molecular weight excluding hydrogens is 292 g/mol. The van der Waals surface area contributed by atoms with Crippen LogP contribution in [0.4, 0.5) is 5.13 Å². The highest BCUT2D eigenvalue weighted by atomic mass is 32.1. The van der Waals surface area contributed by atoms with E-state index in [1.54, 1.807) is 12.1 Å². The summed E-state index contributed by atoms with van der Waals surface area (Å²) in [6.07, 6.45) is 0.437. The SMILES string of the molecule is CC1CCOC1C(=O)Nc1nc2ccc(C(=O)O)cc2s1. The average Bonchev–Trinajstić information content (AvgIpc) is 3.02. The second kappa shape index (κ2) is 5.42. The van der Waals surface area contributed by atoms with Crippen molar-refractivity contribution in [3.05, 3.63) is 23.8 Å². The van der Waals surface area contributed by atoms with Crippen LogP contribution in [0.15, 0.2) is 18.2 Å². The van der Waals surface area contributed by atoms with Crippen LogP contribution >= 0.6 is 11.3 Å². The first-order chi connectivity index (χ1) is 10.0.